The van der Waals surface area contributed by atoms with Gasteiger partial charge in [0, 0.05) is 12.6 Å². The number of nitrogens with one attached hydrogen (secondary N) is 1. The van der Waals surface area contributed by atoms with Crippen molar-refractivity contribution in [1.82, 2.24) is 10.2 Å². The third kappa shape index (κ3) is 3.73. The largest absolute Gasteiger partial charge is 0.468 e. The molecule has 116 valence electrons. The van der Waals surface area contributed by atoms with Gasteiger partial charge in [0.25, 0.3) is 0 Å². The van der Waals surface area contributed by atoms with Crippen molar-refractivity contribution in [3.05, 3.63) is 0 Å². The molecular weight excluding hydrogens is 252 g/mol. The number of esters is 1. The summed E-state index contributed by atoms with van der Waals surface area (Å²) in [6, 6.07) is 0.496. The fourth-order valence-electron chi connectivity index (χ4n) is 3.75. The van der Waals surface area contributed by atoms with E-state index in [1.165, 1.54) is 39.2 Å². The van der Waals surface area contributed by atoms with E-state index >= 15 is 0 Å². The molecular formula is C16H30N2O2. The minimum Gasteiger partial charge on any atom is -0.468 e. The van der Waals surface area contributed by atoms with E-state index in [0.717, 1.165) is 38.9 Å². The Balaban J connectivity index is 2.06. The van der Waals surface area contributed by atoms with Crippen LogP contribution in [0.4, 0.5) is 0 Å². The van der Waals surface area contributed by atoms with E-state index in [0.29, 0.717) is 6.04 Å². The van der Waals surface area contributed by atoms with Gasteiger partial charge in [-0.15, -0.1) is 0 Å². The maximum absolute atomic E-state index is 12.4. The summed E-state index contributed by atoms with van der Waals surface area (Å²) in [5, 5.41) is 3.71. The third-order valence-electron chi connectivity index (χ3n) is 5.04. The Bertz CT molecular complexity index is 316. The SMILES string of the molecule is CCN1CCCC(NC2CCCCC2)(C(=O)OC)CC1. The second-order valence-corrected chi connectivity index (χ2v) is 6.34. The molecule has 1 aliphatic carbocycles. The standard InChI is InChI=1S/C16H30N2O2/c1-3-18-12-7-10-16(11-13-18,15(19)20-2)17-14-8-5-4-6-9-14/h14,17H,3-13H2,1-2H3. The molecule has 2 aliphatic rings. The molecule has 1 aliphatic heterocycles. The summed E-state index contributed by atoms with van der Waals surface area (Å²) in [6.45, 7) is 5.35. The first-order valence-electron chi connectivity index (χ1n) is 8.28. The quantitative estimate of drug-likeness (QED) is 0.804. The summed E-state index contributed by atoms with van der Waals surface area (Å²) in [4.78, 5) is 14.8. The smallest absolute Gasteiger partial charge is 0.326 e. The molecule has 0 aromatic carbocycles. The Hall–Kier alpha value is -0.610. The van der Waals surface area contributed by atoms with Crippen LogP contribution in [0.25, 0.3) is 0 Å². The van der Waals surface area contributed by atoms with E-state index in [4.69, 9.17) is 4.74 Å². The predicted octanol–water partition coefficient (Wildman–Crippen LogP) is 2.33. The zero-order valence-corrected chi connectivity index (χ0v) is 13.1. The van der Waals surface area contributed by atoms with E-state index in [2.05, 4.69) is 17.1 Å². The van der Waals surface area contributed by atoms with Crippen LogP contribution in [0.2, 0.25) is 0 Å². The zero-order valence-electron chi connectivity index (χ0n) is 13.1. The van der Waals surface area contributed by atoms with Crippen molar-refractivity contribution < 1.29 is 9.53 Å². The molecule has 2 rings (SSSR count). The second kappa shape index (κ2) is 7.41. The van der Waals surface area contributed by atoms with Gasteiger partial charge < -0.3 is 9.64 Å². The molecule has 1 saturated carbocycles. The zero-order chi connectivity index (χ0) is 14.4. The van der Waals surface area contributed by atoms with Crippen LogP contribution in [0, 0.1) is 0 Å². The Labute approximate surface area is 123 Å². The Morgan fingerprint density at radius 1 is 1.20 bits per heavy atom. The molecule has 1 atom stereocenters. The molecule has 1 N–H and O–H groups in total. The first-order chi connectivity index (χ1) is 9.70. The summed E-state index contributed by atoms with van der Waals surface area (Å²) < 4.78 is 5.14. The predicted molar refractivity (Wildman–Crippen MR) is 80.7 cm³/mol. The van der Waals surface area contributed by atoms with Gasteiger partial charge in [0.15, 0.2) is 0 Å². The summed E-state index contributed by atoms with van der Waals surface area (Å²) in [7, 11) is 1.52. The molecule has 0 bridgehead atoms. The van der Waals surface area contributed by atoms with E-state index < -0.39 is 5.54 Å². The highest BCUT2D eigenvalue weighted by molar-refractivity contribution is 5.80. The Morgan fingerprint density at radius 3 is 2.60 bits per heavy atom. The molecule has 1 saturated heterocycles. The summed E-state index contributed by atoms with van der Waals surface area (Å²) in [5.74, 6) is -0.0546. The second-order valence-electron chi connectivity index (χ2n) is 6.34. The minimum atomic E-state index is -0.444. The number of hydrogen-bond donors (Lipinski definition) is 1. The summed E-state index contributed by atoms with van der Waals surface area (Å²) in [5.41, 5.74) is -0.444. The summed E-state index contributed by atoms with van der Waals surface area (Å²) >= 11 is 0. The van der Waals surface area contributed by atoms with E-state index in [1.54, 1.807) is 0 Å². The first-order valence-corrected chi connectivity index (χ1v) is 8.28. The lowest BCUT2D eigenvalue weighted by Crippen LogP contribution is -2.57. The normalized spacial score (nSPS) is 29.9. The topological polar surface area (TPSA) is 41.6 Å². The molecule has 0 radical (unpaired) electrons. The summed E-state index contributed by atoms with van der Waals surface area (Å²) in [6.07, 6.45) is 9.19. The lowest BCUT2D eigenvalue weighted by atomic mass is 9.86. The monoisotopic (exact) mass is 282 g/mol. The van der Waals surface area contributed by atoms with E-state index in [1.807, 2.05) is 0 Å². The van der Waals surface area contributed by atoms with Gasteiger partial charge in [0.2, 0.25) is 0 Å². The average Bonchev–Trinajstić information content (AvgIpc) is 2.70. The van der Waals surface area contributed by atoms with Crippen LogP contribution in [0.1, 0.15) is 58.3 Å². The molecule has 20 heavy (non-hydrogen) atoms. The highest BCUT2D eigenvalue weighted by atomic mass is 16.5. The van der Waals surface area contributed by atoms with Crippen LogP contribution < -0.4 is 5.32 Å². The maximum Gasteiger partial charge on any atom is 0.326 e. The van der Waals surface area contributed by atoms with E-state index in [9.17, 15) is 4.79 Å². The highest BCUT2D eigenvalue weighted by Crippen LogP contribution is 2.28. The molecule has 4 nitrogen and oxygen atoms in total. The first kappa shape index (κ1) is 15.8. The van der Waals surface area contributed by atoms with Gasteiger partial charge in [-0.2, -0.15) is 0 Å². The fraction of sp³-hybridized carbons (Fsp3) is 0.938. The van der Waals surface area contributed by atoms with Crippen molar-refractivity contribution in [1.29, 1.82) is 0 Å². The minimum absolute atomic E-state index is 0.0546. The molecule has 1 unspecified atom stereocenters. The van der Waals surface area contributed by atoms with Gasteiger partial charge >= 0.3 is 5.97 Å². The molecule has 4 heteroatoms. The number of carbonyl (C=O) groups is 1. The van der Waals surface area contributed by atoms with Gasteiger partial charge in [0.05, 0.1) is 7.11 Å². The lowest BCUT2D eigenvalue weighted by molar-refractivity contribution is -0.149. The number of hydrogen-bond acceptors (Lipinski definition) is 4. The van der Waals surface area contributed by atoms with E-state index in [-0.39, 0.29) is 5.97 Å². The average molecular weight is 282 g/mol. The fourth-order valence-corrected chi connectivity index (χ4v) is 3.75. The number of rotatable bonds is 4. The van der Waals surface area contributed by atoms with Crippen LogP contribution in [-0.2, 0) is 9.53 Å². The molecule has 0 aromatic heterocycles. The molecule has 0 aromatic rings. The van der Waals surface area contributed by atoms with Crippen molar-refractivity contribution in [3.8, 4) is 0 Å². The van der Waals surface area contributed by atoms with Crippen molar-refractivity contribution in [2.45, 2.75) is 69.9 Å². The van der Waals surface area contributed by atoms with Gasteiger partial charge in [-0.1, -0.05) is 26.2 Å². The van der Waals surface area contributed by atoms with Crippen LogP contribution >= 0.6 is 0 Å². The van der Waals surface area contributed by atoms with Crippen molar-refractivity contribution in [2.24, 2.45) is 0 Å². The van der Waals surface area contributed by atoms with Crippen molar-refractivity contribution in [2.75, 3.05) is 26.7 Å². The van der Waals surface area contributed by atoms with Gasteiger partial charge in [-0.3, -0.25) is 10.1 Å². The molecule has 0 amide bonds. The molecule has 1 heterocycles. The molecule has 0 spiro atoms. The van der Waals surface area contributed by atoms with Crippen molar-refractivity contribution >= 4 is 5.97 Å². The number of nitrogens with zero attached hydrogens (tertiary/aromatic N) is 1. The van der Waals surface area contributed by atoms with Gasteiger partial charge in [0.1, 0.15) is 5.54 Å². The van der Waals surface area contributed by atoms with Crippen LogP contribution in [0.5, 0.6) is 0 Å². The lowest BCUT2D eigenvalue weighted by Gasteiger charge is -2.36. The number of methoxy groups -OCH3 is 1. The number of ether oxygens (including phenoxy) is 1. The maximum atomic E-state index is 12.4. The molecule has 2 fully saturated rings. The van der Waals surface area contributed by atoms with Gasteiger partial charge in [-0.25, -0.2) is 0 Å². The third-order valence-corrected chi connectivity index (χ3v) is 5.04. The van der Waals surface area contributed by atoms with Gasteiger partial charge in [-0.05, 0) is 45.2 Å². The highest BCUT2D eigenvalue weighted by Gasteiger charge is 2.42. The number of likely N-dealkylation sites (tertiary alicyclic amines) is 1. The number of carbonyl (C=O) groups excluding carboxylic acids is 1. The Kier molecular flexibility index (Phi) is 5.85. The van der Waals surface area contributed by atoms with Crippen LogP contribution in [0.3, 0.4) is 0 Å². The van der Waals surface area contributed by atoms with Crippen LogP contribution in [0.15, 0.2) is 0 Å². The van der Waals surface area contributed by atoms with Crippen LogP contribution in [-0.4, -0.2) is 49.2 Å². The van der Waals surface area contributed by atoms with Crippen molar-refractivity contribution in [3.63, 3.8) is 0 Å². The Morgan fingerprint density at radius 2 is 1.95 bits per heavy atom.